The van der Waals surface area contributed by atoms with Gasteiger partial charge in [0.1, 0.15) is 0 Å². The summed E-state index contributed by atoms with van der Waals surface area (Å²) in [4.78, 5) is 5.04. The van der Waals surface area contributed by atoms with Gasteiger partial charge >= 0.3 is 0 Å². The van der Waals surface area contributed by atoms with Crippen molar-refractivity contribution < 1.29 is 0 Å². The minimum atomic E-state index is 0. The smallest absolute Gasteiger partial charge is 0.0373 e. The zero-order valence-corrected chi connectivity index (χ0v) is 16.7. The number of hydrogen-bond donors (Lipinski definition) is 1. The Morgan fingerprint density at radius 2 is 1.38 bits per heavy atom. The topological polar surface area (TPSA) is 32.5 Å². The molecule has 4 heteroatoms. The van der Waals surface area contributed by atoms with Gasteiger partial charge in [-0.15, -0.1) is 17.0 Å². The lowest BCUT2D eigenvalue weighted by Gasteiger charge is -2.36. The fourth-order valence-corrected chi connectivity index (χ4v) is 3.58. The van der Waals surface area contributed by atoms with E-state index >= 15 is 0 Å². The maximum atomic E-state index is 5.67. The molecule has 136 valence electrons. The molecule has 0 aliphatic carbocycles. The van der Waals surface area contributed by atoms with Crippen molar-refractivity contribution in [3.63, 3.8) is 0 Å². The van der Waals surface area contributed by atoms with Gasteiger partial charge in [-0.1, -0.05) is 54.6 Å². The Hall–Kier alpha value is -1.88. The molecule has 1 fully saturated rings. The van der Waals surface area contributed by atoms with E-state index in [1.54, 1.807) is 0 Å². The molecule has 2 N–H and O–H groups in total. The molecule has 3 nitrogen and oxygen atoms in total. The van der Waals surface area contributed by atoms with E-state index in [1.807, 2.05) is 0 Å². The second-order valence-electron chi connectivity index (χ2n) is 6.82. The van der Waals surface area contributed by atoms with Crippen molar-refractivity contribution >= 4 is 33.4 Å². The lowest BCUT2D eigenvalue weighted by Crippen LogP contribution is -2.45. The fraction of sp³-hybridized carbons (Fsp3) is 0.273. The minimum absolute atomic E-state index is 0. The van der Waals surface area contributed by atoms with Crippen molar-refractivity contribution in [3.05, 3.63) is 77.9 Å². The first-order valence-electron chi connectivity index (χ1n) is 9.06. The number of piperazine rings is 1. The Morgan fingerprint density at radius 1 is 0.731 bits per heavy atom. The lowest BCUT2D eigenvalue weighted by molar-refractivity contribution is 0.250. The molecule has 0 radical (unpaired) electrons. The Kier molecular flexibility index (Phi) is 6.30. The molecule has 0 amide bonds. The van der Waals surface area contributed by atoms with Gasteiger partial charge in [0.25, 0.3) is 0 Å². The van der Waals surface area contributed by atoms with Crippen LogP contribution in [0, 0.1) is 0 Å². The SMILES string of the molecule is Br.NCc1ccc(CN2CCN(c3ccc4ccccc4c3)CC2)cc1. The van der Waals surface area contributed by atoms with Crippen LogP contribution >= 0.6 is 17.0 Å². The Bertz CT molecular complexity index is 839. The third-order valence-electron chi connectivity index (χ3n) is 5.14. The highest BCUT2D eigenvalue weighted by Gasteiger charge is 2.17. The molecule has 0 spiro atoms. The van der Waals surface area contributed by atoms with Crippen LogP contribution in [0.1, 0.15) is 11.1 Å². The van der Waals surface area contributed by atoms with Crippen molar-refractivity contribution in [1.29, 1.82) is 0 Å². The summed E-state index contributed by atoms with van der Waals surface area (Å²) >= 11 is 0. The van der Waals surface area contributed by atoms with Crippen molar-refractivity contribution in [1.82, 2.24) is 4.90 Å². The maximum Gasteiger partial charge on any atom is 0.0373 e. The van der Waals surface area contributed by atoms with Gasteiger partial charge in [-0.25, -0.2) is 0 Å². The van der Waals surface area contributed by atoms with Crippen molar-refractivity contribution in [3.8, 4) is 0 Å². The second kappa shape index (κ2) is 8.67. The molecule has 26 heavy (non-hydrogen) atoms. The number of hydrogen-bond acceptors (Lipinski definition) is 3. The Labute approximate surface area is 166 Å². The quantitative estimate of drug-likeness (QED) is 0.697. The van der Waals surface area contributed by atoms with E-state index in [0.29, 0.717) is 6.54 Å². The van der Waals surface area contributed by atoms with E-state index in [4.69, 9.17) is 5.73 Å². The van der Waals surface area contributed by atoms with Crippen LogP contribution in [0.25, 0.3) is 10.8 Å². The molecule has 3 aromatic rings. The molecule has 1 aliphatic rings. The molecular weight excluding hydrogens is 386 g/mol. The molecule has 0 atom stereocenters. The van der Waals surface area contributed by atoms with Crippen LogP contribution in [0.5, 0.6) is 0 Å². The first-order chi connectivity index (χ1) is 12.3. The summed E-state index contributed by atoms with van der Waals surface area (Å²) in [6, 6.07) is 24.1. The molecule has 1 heterocycles. The number of halogens is 1. The summed E-state index contributed by atoms with van der Waals surface area (Å²) in [6.07, 6.45) is 0. The van der Waals surface area contributed by atoms with Gasteiger partial charge in [-0.2, -0.15) is 0 Å². The van der Waals surface area contributed by atoms with Crippen molar-refractivity contribution in [2.24, 2.45) is 5.73 Å². The third kappa shape index (κ3) is 4.26. The molecule has 3 aromatic carbocycles. The van der Waals surface area contributed by atoms with E-state index in [1.165, 1.54) is 27.6 Å². The molecule has 0 aromatic heterocycles. The van der Waals surface area contributed by atoms with Crippen LogP contribution in [0.15, 0.2) is 66.7 Å². The Balaban J connectivity index is 0.00000196. The normalized spacial score (nSPS) is 15.0. The van der Waals surface area contributed by atoms with Gasteiger partial charge in [-0.3, -0.25) is 4.90 Å². The summed E-state index contributed by atoms with van der Waals surface area (Å²) in [7, 11) is 0. The number of fused-ring (bicyclic) bond motifs is 1. The summed E-state index contributed by atoms with van der Waals surface area (Å²) < 4.78 is 0. The predicted octanol–water partition coefficient (Wildman–Crippen LogP) is 4.20. The maximum absolute atomic E-state index is 5.67. The van der Waals surface area contributed by atoms with E-state index in [-0.39, 0.29) is 17.0 Å². The molecule has 1 aliphatic heterocycles. The van der Waals surface area contributed by atoms with Gasteiger partial charge in [0, 0.05) is 45.0 Å². The standard InChI is InChI=1S/C22H25N3.BrH/c23-16-18-5-7-19(8-6-18)17-24-11-13-25(14-12-24)22-10-9-20-3-1-2-4-21(20)15-22;/h1-10,15H,11-14,16-17,23H2;1H. The molecule has 0 saturated carbocycles. The zero-order chi connectivity index (χ0) is 17.1. The minimum Gasteiger partial charge on any atom is -0.369 e. The average Bonchev–Trinajstić information content (AvgIpc) is 2.69. The third-order valence-corrected chi connectivity index (χ3v) is 5.14. The van der Waals surface area contributed by atoms with Crippen LogP contribution in [-0.4, -0.2) is 31.1 Å². The van der Waals surface area contributed by atoms with Gasteiger partial charge < -0.3 is 10.6 Å². The molecular formula is C22H26BrN3. The first kappa shape index (κ1) is 18.9. The van der Waals surface area contributed by atoms with Gasteiger partial charge in [-0.05, 0) is 34.0 Å². The van der Waals surface area contributed by atoms with Crippen molar-refractivity contribution in [2.75, 3.05) is 31.1 Å². The van der Waals surface area contributed by atoms with E-state index in [2.05, 4.69) is 76.5 Å². The molecule has 0 unspecified atom stereocenters. The fourth-order valence-electron chi connectivity index (χ4n) is 3.58. The van der Waals surface area contributed by atoms with Crippen LogP contribution in [-0.2, 0) is 13.1 Å². The highest BCUT2D eigenvalue weighted by atomic mass is 79.9. The highest BCUT2D eigenvalue weighted by molar-refractivity contribution is 8.93. The number of rotatable bonds is 4. The van der Waals surface area contributed by atoms with Gasteiger partial charge in [0.05, 0.1) is 0 Å². The van der Waals surface area contributed by atoms with E-state index in [0.717, 1.165) is 32.7 Å². The zero-order valence-electron chi connectivity index (χ0n) is 15.0. The second-order valence-corrected chi connectivity index (χ2v) is 6.82. The number of nitrogens with zero attached hydrogens (tertiary/aromatic N) is 2. The van der Waals surface area contributed by atoms with Crippen LogP contribution in [0.2, 0.25) is 0 Å². The number of nitrogens with two attached hydrogens (primary N) is 1. The van der Waals surface area contributed by atoms with Gasteiger partial charge in [0.15, 0.2) is 0 Å². The summed E-state index contributed by atoms with van der Waals surface area (Å²) in [5.74, 6) is 0. The molecule has 0 bridgehead atoms. The monoisotopic (exact) mass is 411 g/mol. The predicted molar refractivity (Wildman–Crippen MR) is 116 cm³/mol. The van der Waals surface area contributed by atoms with Crippen LogP contribution in [0.3, 0.4) is 0 Å². The summed E-state index contributed by atoms with van der Waals surface area (Å²) in [5, 5.41) is 2.63. The Morgan fingerprint density at radius 3 is 2.08 bits per heavy atom. The largest absolute Gasteiger partial charge is 0.369 e. The summed E-state index contributed by atoms with van der Waals surface area (Å²) in [6.45, 7) is 6.01. The van der Waals surface area contributed by atoms with E-state index < -0.39 is 0 Å². The molecule has 1 saturated heterocycles. The first-order valence-corrected chi connectivity index (χ1v) is 9.06. The summed E-state index contributed by atoms with van der Waals surface area (Å²) in [5.41, 5.74) is 9.58. The van der Waals surface area contributed by atoms with Crippen LogP contribution < -0.4 is 10.6 Å². The average molecular weight is 412 g/mol. The van der Waals surface area contributed by atoms with Crippen molar-refractivity contribution in [2.45, 2.75) is 13.1 Å². The van der Waals surface area contributed by atoms with Crippen LogP contribution in [0.4, 0.5) is 5.69 Å². The number of benzene rings is 3. The van der Waals surface area contributed by atoms with Gasteiger partial charge in [0.2, 0.25) is 0 Å². The highest BCUT2D eigenvalue weighted by Crippen LogP contribution is 2.23. The number of anilines is 1. The van der Waals surface area contributed by atoms with E-state index in [9.17, 15) is 0 Å². The lowest BCUT2D eigenvalue weighted by atomic mass is 10.1. The molecule has 4 rings (SSSR count).